The molecule has 3 aromatic carbocycles. The highest BCUT2D eigenvalue weighted by Crippen LogP contribution is 2.52. The van der Waals surface area contributed by atoms with Crippen molar-refractivity contribution in [1.29, 1.82) is 0 Å². The van der Waals surface area contributed by atoms with Crippen LogP contribution in [0.4, 0.5) is 0 Å². The molecule has 0 aliphatic carbocycles. The van der Waals surface area contributed by atoms with Crippen molar-refractivity contribution in [3.63, 3.8) is 0 Å². The zero-order chi connectivity index (χ0) is 24.5. The third-order valence-corrected chi connectivity index (χ3v) is 8.39. The summed E-state index contributed by atoms with van der Waals surface area (Å²) < 4.78 is 24.9. The van der Waals surface area contributed by atoms with Crippen molar-refractivity contribution < 1.29 is 18.9 Å². The maximum atomic E-state index is 6.66. The van der Waals surface area contributed by atoms with Gasteiger partial charge in [-0.1, -0.05) is 18.6 Å². The van der Waals surface area contributed by atoms with E-state index < -0.39 is 0 Å². The molecule has 36 heavy (non-hydrogen) atoms. The normalized spacial score (nSPS) is 17.2. The van der Waals surface area contributed by atoms with Gasteiger partial charge in [-0.05, 0) is 74.0 Å². The highest BCUT2D eigenvalue weighted by molar-refractivity contribution is 7.22. The van der Waals surface area contributed by atoms with Gasteiger partial charge in [0.25, 0.3) is 0 Å². The summed E-state index contributed by atoms with van der Waals surface area (Å²) in [4.78, 5) is 3.73. The predicted molar refractivity (Wildman–Crippen MR) is 145 cm³/mol. The van der Waals surface area contributed by atoms with E-state index in [-0.39, 0.29) is 6.10 Å². The largest absolute Gasteiger partial charge is 0.497 e. The van der Waals surface area contributed by atoms with Gasteiger partial charge in [-0.15, -0.1) is 11.3 Å². The SMILES string of the molecule is COc1ccc2c(c1)OC(c1ccc(OCCN3CCCCC3)cc1)c1c-2sc2cc(OC)ccc12. The molecule has 0 saturated carbocycles. The van der Waals surface area contributed by atoms with Gasteiger partial charge in [0.1, 0.15) is 29.6 Å². The van der Waals surface area contributed by atoms with Crippen LogP contribution in [-0.2, 0) is 0 Å². The van der Waals surface area contributed by atoms with Crippen molar-refractivity contribution in [1.82, 2.24) is 4.90 Å². The summed E-state index contributed by atoms with van der Waals surface area (Å²) in [6.07, 6.45) is 3.74. The van der Waals surface area contributed by atoms with Crippen LogP contribution in [0.1, 0.15) is 36.5 Å². The molecule has 1 unspecified atom stereocenters. The summed E-state index contributed by atoms with van der Waals surface area (Å²) in [5.41, 5.74) is 3.40. The van der Waals surface area contributed by atoms with Crippen LogP contribution in [0.5, 0.6) is 23.0 Å². The zero-order valence-electron chi connectivity index (χ0n) is 20.8. The van der Waals surface area contributed by atoms with Crippen molar-refractivity contribution in [3.05, 3.63) is 71.8 Å². The number of benzene rings is 3. The van der Waals surface area contributed by atoms with E-state index in [4.69, 9.17) is 18.9 Å². The van der Waals surface area contributed by atoms with Gasteiger partial charge in [-0.25, -0.2) is 0 Å². The van der Waals surface area contributed by atoms with E-state index >= 15 is 0 Å². The zero-order valence-corrected chi connectivity index (χ0v) is 21.6. The monoisotopic (exact) mass is 501 g/mol. The Kier molecular flexibility index (Phi) is 6.46. The summed E-state index contributed by atoms with van der Waals surface area (Å²) in [5.74, 6) is 3.39. The first-order valence-electron chi connectivity index (χ1n) is 12.6. The van der Waals surface area contributed by atoms with Crippen molar-refractivity contribution in [2.24, 2.45) is 0 Å². The topological polar surface area (TPSA) is 40.2 Å². The molecule has 1 fully saturated rings. The van der Waals surface area contributed by atoms with E-state index in [1.807, 2.05) is 18.2 Å². The van der Waals surface area contributed by atoms with E-state index in [0.717, 1.165) is 40.7 Å². The molecular formula is C30H31NO4S. The van der Waals surface area contributed by atoms with Gasteiger partial charge in [-0.3, -0.25) is 4.90 Å². The number of thiophene rings is 1. The van der Waals surface area contributed by atoms with Crippen LogP contribution in [0, 0.1) is 0 Å². The fourth-order valence-corrected chi connectivity index (χ4v) is 6.52. The first-order valence-corrected chi connectivity index (χ1v) is 13.5. The van der Waals surface area contributed by atoms with Crippen LogP contribution in [-0.4, -0.2) is 45.4 Å². The molecule has 186 valence electrons. The smallest absolute Gasteiger partial charge is 0.151 e. The van der Waals surface area contributed by atoms with Crippen LogP contribution in [0.25, 0.3) is 20.5 Å². The summed E-state index contributed by atoms with van der Waals surface area (Å²) in [6.45, 7) is 4.08. The minimum atomic E-state index is -0.218. The van der Waals surface area contributed by atoms with Gasteiger partial charge in [0, 0.05) is 38.7 Å². The quantitative estimate of drug-likeness (QED) is 0.275. The Bertz CT molecular complexity index is 1360. The van der Waals surface area contributed by atoms with Crippen LogP contribution in [0.15, 0.2) is 60.7 Å². The highest BCUT2D eigenvalue weighted by Gasteiger charge is 2.32. The fourth-order valence-electron chi connectivity index (χ4n) is 5.23. The molecular weight excluding hydrogens is 470 g/mol. The average Bonchev–Trinajstić information content (AvgIpc) is 3.32. The number of hydrogen-bond acceptors (Lipinski definition) is 6. The molecule has 3 heterocycles. The Morgan fingerprint density at radius 2 is 1.58 bits per heavy atom. The molecule has 6 rings (SSSR count). The molecule has 0 N–H and O–H groups in total. The Balaban J connectivity index is 1.30. The number of likely N-dealkylation sites (tertiary alicyclic amines) is 1. The highest BCUT2D eigenvalue weighted by atomic mass is 32.1. The first-order chi connectivity index (χ1) is 17.7. The Morgan fingerprint density at radius 1 is 0.861 bits per heavy atom. The van der Waals surface area contributed by atoms with Crippen molar-refractivity contribution >= 4 is 21.4 Å². The number of rotatable bonds is 7. The number of nitrogens with zero attached hydrogens (tertiary/aromatic N) is 1. The van der Waals surface area contributed by atoms with Crippen LogP contribution >= 0.6 is 11.3 Å². The molecule has 6 heteroatoms. The summed E-state index contributed by atoms with van der Waals surface area (Å²) >= 11 is 1.78. The van der Waals surface area contributed by atoms with Gasteiger partial charge in [0.05, 0.1) is 14.2 Å². The second-order valence-corrected chi connectivity index (χ2v) is 10.4. The molecule has 1 saturated heterocycles. The van der Waals surface area contributed by atoms with E-state index in [2.05, 4.69) is 47.4 Å². The molecule has 4 aromatic rings. The van der Waals surface area contributed by atoms with E-state index in [1.54, 1.807) is 25.6 Å². The van der Waals surface area contributed by atoms with E-state index in [1.165, 1.54) is 52.9 Å². The second kappa shape index (κ2) is 10.0. The molecule has 5 nitrogen and oxygen atoms in total. The molecule has 1 aromatic heterocycles. The number of methoxy groups -OCH3 is 2. The summed E-state index contributed by atoms with van der Waals surface area (Å²) in [6, 6.07) is 20.7. The third-order valence-electron chi connectivity index (χ3n) is 7.18. The Morgan fingerprint density at radius 3 is 2.36 bits per heavy atom. The molecule has 0 spiro atoms. The summed E-state index contributed by atoms with van der Waals surface area (Å²) in [7, 11) is 3.39. The lowest BCUT2D eigenvalue weighted by molar-refractivity contribution is 0.183. The van der Waals surface area contributed by atoms with Crippen molar-refractivity contribution in [2.45, 2.75) is 25.4 Å². The molecule has 0 amide bonds. The van der Waals surface area contributed by atoms with E-state index in [9.17, 15) is 0 Å². The van der Waals surface area contributed by atoms with Gasteiger partial charge < -0.3 is 18.9 Å². The van der Waals surface area contributed by atoms with Gasteiger partial charge in [0.15, 0.2) is 6.10 Å². The van der Waals surface area contributed by atoms with Crippen molar-refractivity contribution in [3.8, 4) is 33.4 Å². The molecule has 2 aliphatic rings. The molecule has 0 radical (unpaired) electrons. The Hall–Kier alpha value is -3.22. The summed E-state index contributed by atoms with van der Waals surface area (Å²) in [5, 5.41) is 1.20. The molecule has 0 bridgehead atoms. The lowest BCUT2D eigenvalue weighted by Gasteiger charge is -2.28. The maximum Gasteiger partial charge on any atom is 0.151 e. The van der Waals surface area contributed by atoms with E-state index in [0.29, 0.717) is 6.61 Å². The standard InChI is InChI=1S/C30H31NO4S/c1-32-22-10-12-24-26(18-22)35-29(28-25-13-11-23(33-2)19-27(25)36-30(24)28)20-6-8-21(9-7-20)34-17-16-31-14-4-3-5-15-31/h6-13,18-19,29H,3-5,14-17H2,1-2H3. The minimum Gasteiger partial charge on any atom is -0.497 e. The number of piperidine rings is 1. The fraction of sp³-hybridized carbons (Fsp3) is 0.333. The Labute approximate surface area is 216 Å². The van der Waals surface area contributed by atoms with Crippen LogP contribution in [0.3, 0.4) is 0 Å². The van der Waals surface area contributed by atoms with Gasteiger partial charge in [-0.2, -0.15) is 0 Å². The van der Waals surface area contributed by atoms with Gasteiger partial charge >= 0.3 is 0 Å². The molecule has 1 atom stereocenters. The first kappa shape index (κ1) is 23.2. The average molecular weight is 502 g/mol. The predicted octanol–water partition coefficient (Wildman–Crippen LogP) is 6.93. The maximum absolute atomic E-state index is 6.66. The lowest BCUT2D eigenvalue weighted by Crippen LogP contribution is -2.33. The van der Waals surface area contributed by atoms with Crippen molar-refractivity contribution in [2.75, 3.05) is 40.5 Å². The number of ether oxygens (including phenoxy) is 4. The van der Waals surface area contributed by atoms with Crippen LogP contribution in [0.2, 0.25) is 0 Å². The number of hydrogen-bond donors (Lipinski definition) is 0. The molecule has 2 aliphatic heterocycles. The number of fused-ring (bicyclic) bond motifs is 5. The lowest BCUT2D eigenvalue weighted by atomic mass is 9.93. The van der Waals surface area contributed by atoms with Crippen LogP contribution < -0.4 is 18.9 Å². The minimum absolute atomic E-state index is 0.218. The van der Waals surface area contributed by atoms with Gasteiger partial charge in [0.2, 0.25) is 0 Å². The second-order valence-electron chi connectivity index (χ2n) is 9.39. The third kappa shape index (κ3) is 4.40.